The second kappa shape index (κ2) is 7.51. The number of ether oxygens (including phenoxy) is 1. The summed E-state index contributed by atoms with van der Waals surface area (Å²) in [6, 6.07) is 7.01. The van der Waals surface area contributed by atoms with Crippen LogP contribution in [-0.2, 0) is 11.0 Å². The molecule has 0 fully saturated rings. The molecule has 3 nitrogen and oxygen atoms in total. The minimum absolute atomic E-state index is 0.00766. The van der Waals surface area contributed by atoms with E-state index in [0.29, 0.717) is 5.02 Å². The minimum atomic E-state index is -4.50. The van der Waals surface area contributed by atoms with E-state index in [1.165, 1.54) is 24.3 Å². The lowest BCUT2D eigenvalue weighted by Gasteiger charge is -2.12. The maximum absolute atomic E-state index is 12.6. The molecule has 0 aliphatic rings. The zero-order chi connectivity index (χ0) is 17.9. The molecule has 128 valence electrons. The smallest absolute Gasteiger partial charge is 0.416 e. The van der Waals surface area contributed by atoms with Gasteiger partial charge in [-0.25, -0.2) is 0 Å². The SMILES string of the molecule is O=C(COc1c(Cl)cc(Cl)cc1Cl)Nc1cccc(C(F)(F)F)c1. The van der Waals surface area contributed by atoms with Crippen molar-refractivity contribution in [1.29, 1.82) is 0 Å². The summed E-state index contributed by atoms with van der Waals surface area (Å²) in [5.74, 6) is -0.613. The third-order valence-electron chi connectivity index (χ3n) is 2.78. The Hall–Kier alpha value is -1.63. The minimum Gasteiger partial charge on any atom is -0.481 e. The highest BCUT2D eigenvalue weighted by Crippen LogP contribution is 2.35. The van der Waals surface area contributed by atoms with Crippen LogP contribution in [0.4, 0.5) is 18.9 Å². The van der Waals surface area contributed by atoms with Crippen molar-refractivity contribution in [3.63, 3.8) is 0 Å². The van der Waals surface area contributed by atoms with E-state index in [-0.39, 0.29) is 21.5 Å². The number of alkyl halides is 3. The number of nitrogens with one attached hydrogen (secondary N) is 1. The summed E-state index contributed by atoms with van der Waals surface area (Å²) in [5.41, 5.74) is -0.878. The number of carbonyl (C=O) groups is 1. The molecule has 0 spiro atoms. The molecule has 2 rings (SSSR count). The predicted molar refractivity (Wildman–Crippen MR) is 87.0 cm³/mol. The van der Waals surface area contributed by atoms with E-state index in [2.05, 4.69) is 5.32 Å². The van der Waals surface area contributed by atoms with Crippen molar-refractivity contribution in [2.45, 2.75) is 6.18 Å². The monoisotopic (exact) mass is 397 g/mol. The summed E-state index contributed by atoms with van der Waals surface area (Å²) >= 11 is 17.5. The average Bonchev–Trinajstić information content (AvgIpc) is 2.45. The van der Waals surface area contributed by atoms with Gasteiger partial charge in [-0.1, -0.05) is 40.9 Å². The first-order chi connectivity index (χ1) is 11.2. The van der Waals surface area contributed by atoms with Crippen LogP contribution in [0.3, 0.4) is 0 Å². The van der Waals surface area contributed by atoms with Crippen molar-refractivity contribution in [2.24, 2.45) is 0 Å². The number of amides is 1. The van der Waals surface area contributed by atoms with Gasteiger partial charge in [0.25, 0.3) is 5.91 Å². The molecule has 9 heteroatoms. The normalized spacial score (nSPS) is 11.2. The summed E-state index contributed by atoms with van der Waals surface area (Å²) in [6.07, 6.45) is -4.50. The van der Waals surface area contributed by atoms with Crippen molar-refractivity contribution < 1.29 is 22.7 Å². The lowest BCUT2D eigenvalue weighted by atomic mass is 10.2. The number of anilines is 1. The molecule has 1 amide bonds. The Bertz CT molecular complexity index is 743. The molecule has 0 atom stereocenters. The van der Waals surface area contributed by atoms with Gasteiger partial charge in [0.05, 0.1) is 15.6 Å². The van der Waals surface area contributed by atoms with Crippen LogP contribution in [0, 0.1) is 0 Å². The van der Waals surface area contributed by atoms with E-state index in [9.17, 15) is 18.0 Å². The number of hydrogen-bond donors (Lipinski definition) is 1. The van der Waals surface area contributed by atoms with E-state index in [4.69, 9.17) is 39.5 Å². The van der Waals surface area contributed by atoms with Gasteiger partial charge in [0.2, 0.25) is 0 Å². The number of rotatable bonds is 4. The van der Waals surface area contributed by atoms with Crippen LogP contribution in [0.15, 0.2) is 36.4 Å². The first kappa shape index (κ1) is 18.7. The van der Waals surface area contributed by atoms with Gasteiger partial charge in [0.15, 0.2) is 12.4 Å². The van der Waals surface area contributed by atoms with Crippen molar-refractivity contribution in [3.05, 3.63) is 57.0 Å². The highest BCUT2D eigenvalue weighted by molar-refractivity contribution is 6.40. The van der Waals surface area contributed by atoms with Gasteiger partial charge in [-0.3, -0.25) is 4.79 Å². The van der Waals surface area contributed by atoms with Crippen molar-refractivity contribution in [3.8, 4) is 5.75 Å². The molecule has 1 N–H and O–H groups in total. The van der Waals surface area contributed by atoms with Gasteiger partial charge in [0, 0.05) is 10.7 Å². The molecule has 0 aliphatic heterocycles. The topological polar surface area (TPSA) is 38.3 Å². The molecule has 0 aliphatic carbocycles. The predicted octanol–water partition coefficient (Wildman–Crippen LogP) is 5.68. The molecule has 0 bridgehead atoms. The number of carbonyl (C=O) groups excluding carboxylic acids is 1. The molecule has 0 radical (unpaired) electrons. The van der Waals surface area contributed by atoms with Crippen LogP contribution < -0.4 is 10.1 Å². The summed E-state index contributed by atoms with van der Waals surface area (Å²) in [5, 5.41) is 2.82. The van der Waals surface area contributed by atoms with E-state index >= 15 is 0 Å². The third-order valence-corrected chi connectivity index (χ3v) is 3.56. The number of hydrogen-bond acceptors (Lipinski definition) is 2. The Morgan fingerprint density at radius 3 is 2.29 bits per heavy atom. The van der Waals surface area contributed by atoms with Crippen LogP contribution >= 0.6 is 34.8 Å². The Morgan fingerprint density at radius 1 is 1.08 bits per heavy atom. The summed E-state index contributed by atoms with van der Waals surface area (Å²) in [6.45, 7) is -0.489. The Morgan fingerprint density at radius 2 is 1.71 bits per heavy atom. The quantitative estimate of drug-likeness (QED) is 0.719. The fourth-order valence-corrected chi connectivity index (χ4v) is 2.70. The van der Waals surface area contributed by atoms with Crippen LogP contribution in [0.1, 0.15) is 5.56 Å². The summed E-state index contributed by atoms with van der Waals surface area (Å²) in [7, 11) is 0. The van der Waals surface area contributed by atoms with Gasteiger partial charge in [-0.05, 0) is 30.3 Å². The Balaban J connectivity index is 2.02. The zero-order valence-corrected chi connectivity index (χ0v) is 14.0. The van der Waals surface area contributed by atoms with E-state index in [0.717, 1.165) is 12.1 Å². The maximum Gasteiger partial charge on any atom is 0.416 e. The fraction of sp³-hybridized carbons (Fsp3) is 0.133. The zero-order valence-electron chi connectivity index (χ0n) is 11.8. The van der Waals surface area contributed by atoms with Gasteiger partial charge >= 0.3 is 6.18 Å². The molecular formula is C15H9Cl3F3NO2. The van der Waals surface area contributed by atoms with E-state index in [1.807, 2.05) is 0 Å². The van der Waals surface area contributed by atoms with Crippen LogP contribution in [0.2, 0.25) is 15.1 Å². The molecule has 24 heavy (non-hydrogen) atoms. The molecule has 2 aromatic carbocycles. The molecule has 0 saturated heterocycles. The summed E-state index contributed by atoms with van der Waals surface area (Å²) in [4.78, 5) is 11.8. The van der Waals surface area contributed by atoms with Gasteiger partial charge in [-0.15, -0.1) is 0 Å². The molecule has 0 unspecified atom stereocenters. The van der Waals surface area contributed by atoms with Crippen molar-refractivity contribution >= 4 is 46.4 Å². The molecule has 0 heterocycles. The lowest BCUT2D eigenvalue weighted by molar-refractivity contribution is -0.137. The first-order valence-corrected chi connectivity index (χ1v) is 7.54. The summed E-state index contributed by atoms with van der Waals surface area (Å²) < 4.78 is 43.1. The van der Waals surface area contributed by atoms with Gasteiger partial charge < -0.3 is 10.1 Å². The largest absolute Gasteiger partial charge is 0.481 e. The van der Waals surface area contributed by atoms with Crippen LogP contribution in [-0.4, -0.2) is 12.5 Å². The number of halogens is 6. The van der Waals surface area contributed by atoms with Crippen molar-refractivity contribution in [2.75, 3.05) is 11.9 Å². The van der Waals surface area contributed by atoms with E-state index < -0.39 is 24.3 Å². The lowest BCUT2D eigenvalue weighted by Crippen LogP contribution is -2.20. The third kappa shape index (κ3) is 4.93. The van der Waals surface area contributed by atoms with Gasteiger partial charge in [-0.2, -0.15) is 13.2 Å². The Kier molecular flexibility index (Phi) is 5.85. The highest BCUT2D eigenvalue weighted by atomic mass is 35.5. The van der Waals surface area contributed by atoms with Crippen LogP contribution in [0.25, 0.3) is 0 Å². The molecule has 0 aromatic heterocycles. The van der Waals surface area contributed by atoms with Crippen LogP contribution in [0.5, 0.6) is 5.75 Å². The fourth-order valence-electron chi connectivity index (χ4n) is 1.77. The Labute approximate surface area is 150 Å². The first-order valence-electron chi connectivity index (χ1n) is 6.41. The molecule has 0 saturated carbocycles. The van der Waals surface area contributed by atoms with Crippen molar-refractivity contribution in [1.82, 2.24) is 0 Å². The van der Waals surface area contributed by atoms with Gasteiger partial charge in [0.1, 0.15) is 0 Å². The second-order valence-electron chi connectivity index (χ2n) is 4.61. The molecular weight excluding hydrogens is 390 g/mol. The average molecular weight is 399 g/mol. The standard InChI is InChI=1S/C15H9Cl3F3NO2/c16-9-5-11(17)14(12(18)6-9)24-7-13(23)22-10-3-1-2-8(4-10)15(19,20)21/h1-6H,7H2,(H,22,23). The second-order valence-corrected chi connectivity index (χ2v) is 5.86. The maximum atomic E-state index is 12.6. The van der Waals surface area contributed by atoms with E-state index in [1.54, 1.807) is 0 Å². The number of benzene rings is 2. The highest BCUT2D eigenvalue weighted by Gasteiger charge is 2.30. The molecule has 2 aromatic rings.